The highest BCUT2D eigenvalue weighted by molar-refractivity contribution is 4.56. The summed E-state index contributed by atoms with van der Waals surface area (Å²) in [6.07, 6.45) is 58.7. The zero-order chi connectivity index (χ0) is 35.6. The quantitative estimate of drug-likeness (QED) is 0.0326. The number of hydrogen-bond acceptors (Lipinski definition) is 0. The molecule has 304 valence electrons. The van der Waals surface area contributed by atoms with Crippen LogP contribution in [0.2, 0.25) is 0 Å². The summed E-state index contributed by atoms with van der Waals surface area (Å²) in [6, 6.07) is 0. The van der Waals surface area contributed by atoms with E-state index in [1.165, 1.54) is 287 Å². The van der Waals surface area contributed by atoms with Crippen molar-refractivity contribution in [3.63, 3.8) is 0 Å². The van der Waals surface area contributed by atoms with Crippen molar-refractivity contribution in [3.8, 4) is 0 Å². The third-order valence-electron chi connectivity index (χ3n) is 11.9. The first-order valence-electron chi connectivity index (χ1n) is 24.1. The third-order valence-corrected chi connectivity index (χ3v) is 11.9. The molecule has 0 aromatic heterocycles. The van der Waals surface area contributed by atoms with Crippen molar-refractivity contribution in [1.82, 2.24) is 0 Å². The van der Waals surface area contributed by atoms with Crippen molar-refractivity contribution in [2.75, 3.05) is 26.2 Å². The second-order valence-corrected chi connectivity index (χ2v) is 17.0. The Bertz CT molecular complexity index is 527. The third kappa shape index (κ3) is 39.9. The van der Waals surface area contributed by atoms with E-state index in [0.29, 0.717) is 0 Å². The van der Waals surface area contributed by atoms with Crippen LogP contribution in [0, 0.1) is 0 Å². The molecule has 0 N–H and O–H groups in total. The number of hydrogen-bond donors (Lipinski definition) is 0. The van der Waals surface area contributed by atoms with Crippen LogP contribution < -0.4 is 24.0 Å². The molecular weight excluding hydrogens is 717 g/mol. The summed E-state index contributed by atoms with van der Waals surface area (Å²) in [5, 5.41) is 0. The molecule has 0 fully saturated rings. The molecule has 0 heterocycles. The number of rotatable bonds is 44. The first-order chi connectivity index (χ1) is 24.2. The lowest BCUT2D eigenvalue weighted by Gasteiger charge is -2.39. The topological polar surface area (TPSA) is 0 Å². The van der Waals surface area contributed by atoms with E-state index in [1.54, 1.807) is 0 Å². The van der Waals surface area contributed by atoms with Crippen molar-refractivity contribution in [2.24, 2.45) is 0 Å². The molecule has 0 saturated carbocycles. The highest BCUT2D eigenvalue weighted by Crippen LogP contribution is 2.21. The fourth-order valence-electron chi connectivity index (χ4n) is 8.41. The minimum Gasteiger partial charge on any atom is -1.00 e. The van der Waals surface area contributed by atoms with Gasteiger partial charge >= 0.3 is 0 Å². The summed E-state index contributed by atoms with van der Waals surface area (Å²) in [5.41, 5.74) is 0. The number of unbranched alkanes of at least 4 members (excludes halogenated alkanes) is 36. The van der Waals surface area contributed by atoms with Crippen molar-refractivity contribution < 1.29 is 28.5 Å². The average molecular weight is 818 g/mol. The number of quaternary nitrogens is 1. The summed E-state index contributed by atoms with van der Waals surface area (Å²) in [5.74, 6) is 0. The Hall–Kier alpha value is 0.690. The van der Waals surface area contributed by atoms with Gasteiger partial charge in [0.1, 0.15) is 0 Å². The lowest BCUT2D eigenvalue weighted by atomic mass is 10.0. The minimum atomic E-state index is 0. The average Bonchev–Trinajstić information content (AvgIpc) is 3.11. The fourth-order valence-corrected chi connectivity index (χ4v) is 8.41. The van der Waals surface area contributed by atoms with Crippen LogP contribution in [0.5, 0.6) is 0 Å². The Morgan fingerprint density at radius 3 is 0.460 bits per heavy atom. The van der Waals surface area contributed by atoms with E-state index in [4.69, 9.17) is 0 Å². The van der Waals surface area contributed by atoms with Gasteiger partial charge in [0.2, 0.25) is 0 Å². The van der Waals surface area contributed by atoms with Crippen LogP contribution in [-0.4, -0.2) is 30.7 Å². The van der Waals surface area contributed by atoms with Crippen LogP contribution in [0.15, 0.2) is 0 Å². The molecule has 0 amide bonds. The van der Waals surface area contributed by atoms with E-state index in [0.717, 1.165) is 0 Å². The standard InChI is InChI=1S/C48H100N.HI/c1-5-9-13-17-19-21-23-25-27-29-31-33-35-37-39-43-47-49(45-41-15-11-7-3,46-42-16-12-8-4)48-44-40-38-36-34-32-30-28-26-24-22-20-18-14-10-6-2;/h5-48H2,1-4H3;1H/q+1;/p-1. The van der Waals surface area contributed by atoms with E-state index in [9.17, 15) is 0 Å². The fraction of sp³-hybridized carbons (Fsp3) is 1.00. The number of nitrogens with zero attached hydrogens (tertiary/aromatic N) is 1. The van der Waals surface area contributed by atoms with E-state index < -0.39 is 0 Å². The first kappa shape index (κ1) is 52.8. The molecule has 0 radical (unpaired) electrons. The molecule has 0 aliphatic rings. The zero-order valence-electron chi connectivity index (χ0n) is 35.9. The van der Waals surface area contributed by atoms with Crippen molar-refractivity contribution in [1.29, 1.82) is 0 Å². The lowest BCUT2D eigenvalue weighted by molar-refractivity contribution is -0.929. The van der Waals surface area contributed by atoms with Gasteiger partial charge in [-0.05, 0) is 51.4 Å². The smallest absolute Gasteiger partial charge is 0.0786 e. The van der Waals surface area contributed by atoms with E-state index in [2.05, 4.69) is 27.7 Å². The van der Waals surface area contributed by atoms with E-state index >= 15 is 0 Å². The van der Waals surface area contributed by atoms with Gasteiger partial charge in [-0.3, -0.25) is 0 Å². The predicted molar refractivity (Wildman–Crippen MR) is 227 cm³/mol. The van der Waals surface area contributed by atoms with Gasteiger partial charge in [0.05, 0.1) is 26.2 Å². The van der Waals surface area contributed by atoms with Crippen LogP contribution in [-0.2, 0) is 0 Å². The Kier molecular flexibility index (Phi) is 48.4. The Labute approximate surface area is 337 Å². The number of halogens is 1. The molecule has 50 heavy (non-hydrogen) atoms. The largest absolute Gasteiger partial charge is 1.00 e. The van der Waals surface area contributed by atoms with Gasteiger partial charge in [0, 0.05) is 0 Å². The van der Waals surface area contributed by atoms with Gasteiger partial charge in [-0.1, -0.05) is 233 Å². The van der Waals surface area contributed by atoms with Gasteiger partial charge in [0.15, 0.2) is 0 Å². The summed E-state index contributed by atoms with van der Waals surface area (Å²) < 4.78 is 1.48. The van der Waals surface area contributed by atoms with Crippen molar-refractivity contribution >= 4 is 0 Å². The molecule has 0 aromatic rings. The normalized spacial score (nSPS) is 11.8. The van der Waals surface area contributed by atoms with E-state index in [-0.39, 0.29) is 24.0 Å². The van der Waals surface area contributed by atoms with Crippen LogP contribution in [0.25, 0.3) is 0 Å². The van der Waals surface area contributed by atoms with Crippen LogP contribution in [0.3, 0.4) is 0 Å². The molecule has 0 rings (SSSR count). The minimum absolute atomic E-state index is 0. The summed E-state index contributed by atoms with van der Waals surface area (Å²) in [7, 11) is 0. The summed E-state index contributed by atoms with van der Waals surface area (Å²) >= 11 is 0. The first-order valence-corrected chi connectivity index (χ1v) is 24.1. The monoisotopic (exact) mass is 818 g/mol. The Morgan fingerprint density at radius 2 is 0.300 bits per heavy atom. The molecule has 0 unspecified atom stereocenters. The molecule has 0 bridgehead atoms. The van der Waals surface area contributed by atoms with Gasteiger partial charge in [0.25, 0.3) is 0 Å². The van der Waals surface area contributed by atoms with Crippen LogP contribution in [0.4, 0.5) is 0 Å². The van der Waals surface area contributed by atoms with Crippen molar-refractivity contribution in [3.05, 3.63) is 0 Å². The predicted octanol–water partition coefficient (Wildman–Crippen LogP) is 14.5. The summed E-state index contributed by atoms with van der Waals surface area (Å²) in [4.78, 5) is 0. The maximum atomic E-state index is 2.37. The van der Waals surface area contributed by atoms with Gasteiger partial charge < -0.3 is 28.5 Å². The highest BCUT2D eigenvalue weighted by Gasteiger charge is 2.25. The zero-order valence-corrected chi connectivity index (χ0v) is 38.1. The maximum Gasteiger partial charge on any atom is 0.0786 e. The highest BCUT2D eigenvalue weighted by atomic mass is 127. The van der Waals surface area contributed by atoms with Gasteiger partial charge in [-0.2, -0.15) is 0 Å². The molecule has 0 aliphatic carbocycles. The summed E-state index contributed by atoms with van der Waals surface area (Å²) in [6.45, 7) is 15.3. The SMILES string of the molecule is CCCCCCCCCCCCCCCCCC[N+](CCCCCC)(CCCCCC)CCCCCCCCCCCCCCCCCC.[I-]. The maximum absolute atomic E-state index is 2.37. The lowest BCUT2D eigenvalue weighted by Crippen LogP contribution is -3.00. The van der Waals surface area contributed by atoms with Gasteiger partial charge in [-0.15, -0.1) is 0 Å². The molecule has 0 aromatic carbocycles. The molecule has 0 spiro atoms. The second kappa shape index (κ2) is 45.8. The van der Waals surface area contributed by atoms with E-state index in [1.807, 2.05) is 0 Å². The van der Waals surface area contributed by atoms with Crippen LogP contribution >= 0.6 is 0 Å². The molecule has 0 aliphatic heterocycles. The molecule has 1 nitrogen and oxygen atoms in total. The Balaban J connectivity index is 0. The Morgan fingerprint density at radius 1 is 0.180 bits per heavy atom. The van der Waals surface area contributed by atoms with Crippen LogP contribution in [0.1, 0.15) is 285 Å². The molecular formula is C48H100IN. The molecule has 0 saturated heterocycles. The molecule has 2 heteroatoms. The molecule has 0 atom stereocenters. The van der Waals surface area contributed by atoms with Gasteiger partial charge in [-0.25, -0.2) is 0 Å². The second-order valence-electron chi connectivity index (χ2n) is 17.0. The van der Waals surface area contributed by atoms with Crippen molar-refractivity contribution in [2.45, 2.75) is 285 Å².